The molecule has 1 amide bonds. The van der Waals surface area contributed by atoms with E-state index in [0.717, 1.165) is 33.2 Å². The molecule has 1 N–H and O–H groups in total. The zero-order chi connectivity index (χ0) is 29.0. The van der Waals surface area contributed by atoms with Crippen LogP contribution in [0.5, 0.6) is 0 Å². The van der Waals surface area contributed by atoms with E-state index in [9.17, 15) is 14.4 Å². The lowest BCUT2D eigenvalue weighted by molar-refractivity contribution is -0.132. The number of aromatic amines is 1. The molecule has 2 aromatic heterocycles. The van der Waals surface area contributed by atoms with Gasteiger partial charge in [0.05, 0.1) is 33.5 Å². The van der Waals surface area contributed by atoms with Crippen LogP contribution >= 0.6 is 11.6 Å². The Kier molecular flexibility index (Phi) is 6.66. The van der Waals surface area contributed by atoms with Gasteiger partial charge in [0.25, 0.3) is 0 Å². The Hall–Kier alpha value is -4.43. The van der Waals surface area contributed by atoms with Gasteiger partial charge in [-0.3, -0.25) is 24.0 Å². The summed E-state index contributed by atoms with van der Waals surface area (Å²) in [4.78, 5) is 41.4. The molecule has 0 atom stereocenters. The van der Waals surface area contributed by atoms with Gasteiger partial charge in [-0.25, -0.2) is 0 Å². The summed E-state index contributed by atoms with van der Waals surface area (Å²) in [5, 5.41) is 8.62. The number of hydrogen-bond acceptors (Lipinski definition) is 4. The number of carbonyl (C=O) groups is 1. The third-order valence-electron chi connectivity index (χ3n) is 8.01. The van der Waals surface area contributed by atoms with E-state index >= 15 is 0 Å². The highest BCUT2D eigenvalue weighted by atomic mass is 35.5. The van der Waals surface area contributed by atoms with Crippen LogP contribution in [0.15, 0.2) is 77.0 Å². The quantitative estimate of drug-likeness (QED) is 0.219. The molecule has 1 saturated heterocycles. The maximum Gasteiger partial charge on any atom is 0.321 e. The van der Waals surface area contributed by atoms with Gasteiger partial charge < -0.3 is 9.47 Å². The van der Waals surface area contributed by atoms with Gasteiger partial charge in [-0.1, -0.05) is 56.3 Å². The number of rotatable bonds is 6. The van der Waals surface area contributed by atoms with Gasteiger partial charge in [0.15, 0.2) is 0 Å². The Morgan fingerprint density at radius 2 is 1.88 bits per heavy atom. The van der Waals surface area contributed by atoms with Crippen molar-refractivity contribution in [1.29, 1.82) is 0 Å². The molecule has 0 saturated carbocycles. The summed E-state index contributed by atoms with van der Waals surface area (Å²) in [5.41, 5.74) is 5.05. The van der Waals surface area contributed by atoms with Gasteiger partial charge in [-0.2, -0.15) is 5.10 Å². The van der Waals surface area contributed by atoms with Crippen LogP contribution in [-0.4, -0.2) is 43.2 Å². The lowest BCUT2D eigenvalue weighted by Crippen LogP contribution is -2.52. The molecule has 0 radical (unpaired) electrons. The molecule has 9 heteroatoms. The molecule has 8 nitrogen and oxygen atoms in total. The zero-order valence-electron chi connectivity index (χ0n) is 23.1. The van der Waals surface area contributed by atoms with Crippen molar-refractivity contribution in [2.45, 2.75) is 33.2 Å². The molecule has 1 aliphatic rings. The number of amides is 1. The van der Waals surface area contributed by atoms with Crippen LogP contribution in [0.1, 0.15) is 30.9 Å². The molecule has 0 unspecified atom stereocenters. The van der Waals surface area contributed by atoms with Crippen LogP contribution in [0.4, 0.5) is 0 Å². The molecular weight excluding hydrogens is 538 g/mol. The minimum Gasteiger partial charge on any atom is -0.338 e. The number of benzene rings is 3. The molecular formula is C32H30ClN5O3. The normalized spacial score (nSPS) is 13.7. The zero-order valence-corrected chi connectivity index (χ0v) is 23.9. The molecule has 41 heavy (non-hydrogen) atoms. The molecule has 3 aromatic carbocycles. The largest absolute Gasteiger partial charge is 0.338 e. The number of aryl methyl sites for hydroxylation is 1. The molecule has 6 rings (SSSR count). The average Bonchev–Trinajstić information content (AvgIpc) is 3.41. The second-order valence-electron chi connectivity index (χ2n) is 11.0. The maximum atomic E-state index is 14.0. The van der Waals surface area contributed by atoms with E-state index in [1.807, 2.05) is 49.4 Å². The van der Waals surface area contributed by atoms with E-state index < -0.39 is 11.1 Å². The van der Waals surface area contributed by atoms with E-state index in [1.165, 1.54) is 15.2 Å². The van der Waals surface area contributed by atoms with Crippen LogP contribution in [0.2, 0.25) is 5.02 Å². The number of hydrogen-bond donors (Lipinski definition) is 1. The fourth-order valence-electron chi connectivity index (χ4n) is 5.90. The van der Waals surface area contributed by atoms with Crippen molar-refractivity contribution in [2.24, 2.45) is 5.92 Å². The molecule has 208 valence electrons. The van der Waals surface area contributed by atoms with Crippen molar-refractivity contribution < 1.29 is 4.79 Å². The van der Waals surface area contributed by atoms with E-state index in [-0.39, 0.29) is 17.7 Å². The third-order valence-corrected chi connectivity index (χ3v) is 8.33. The monoisotopic (exact) mass is 567 g/mol. The lowest BCUT2D eigenvalue weighted by Gasteiger charge is -2.39. The first kappa shape index (κ1) is 26.8. The second-order valence-corrected chi connectivity index (χ2v) is 11.4. The number of carbonyl (C=O) groups excluding carboxylic acids is 1. The number of aromatic nitrogens is 4. The standard InChI is InChI=1S/C32H30ClN5O3/c1-5-29(39)36-15-20(16-36)17-37-27-13-24(33)22(30-19(4)10-11-25-23(30)14-34-35-25)12-28(27)38(32(41)31(37)40)26-9-7-6-8-21(26)18(2)3/h5-14,18,20H,1,15-17H2,2-4H3,(H,34,35). The summed E-state index contributed by atoms with van der Waals surface area (Å²) >= 11 is 6.99. The SMILES string of the molecule is C=CC(=O)N1CC(Cn2c(=O)c(=O)n(-c3ccccc3C(C)C)c3cc(-c4c(C)ccc5[nH]ncc45)c(Cl)cc32)C1. The van der Waals surface area contributed by atoms with Crippen LogP contribution in [0.3, 0.4) is 0 Å². The van der Waals surface area contributed by atoms with Crippen molar-refractivity contribution in [1.82, 2.24) is 24.2 Å². The number of para-hydroxylation sites is 1. The maximum absolute atomic E-state index is 14.0. The first-order valence-corrected chi connectivity index (χ1v) is 14.0. The highest BCUT2D eigenvalue weighted by Gasteiger charge is 2.31. The van der Waals surface area contributed by atoms with Crippen molar-refractivity contribution in [3.8, 4) is 16.8 Å². The number of halogens is 1. The number of fused-ring (bicyclic) bond motifs is 2. The Bertz CT molecular complexity index is 1980. The minimum absolute atomic E-state index is 0.0263. The first-order valence-electron chi connectivity index (χ1n) is 13.6. The van der Waals surface area contributed by atoms with Gasteiger partial charge in [0.2, 0.25) is 5.91 Å². The van der Waals surface area contributed by atoms with Crippen LogP contribution < -0.4 is 11.1 Å². The third kappa shape index (κ3) is 4.39. The van der Waals surface area contributed by atoms with Gasteiger partial charge >= 0.3 is 11.1 Å². The molecule has 1 aliphatic heterocycles. The second kappa shape index (κ2) is 10.2. The number of nitrogens with one attached hydrogen (secondary N) is 1. The molecule has 0 spiro atoms. The number of likely N-dealkylation sites (tertiary alicyclic amines) is 1. The lowest BCUT2D eigenvalue weighted by atomic mass is 9.95. The fourth-order valence-corrected chi connectivity index (χ4v) is 6.16. The summed E-state index contributed by atoms with van der Waals surface area (Å²) in [6, 6.07) is 15.3. The Morgan fingerprint density at radius 3 is 2.61 bits per heavy atom. The van der Waals surface area contributed by atoms with Crippen molar-refractivity contribution in [3.63, 3.8) is 0 Å². The van der Waals surface area contributed by atoms with Gasteiger partial charge in [-0.05, 0) is 59.9 Å². The summed E-state index contributed by atoms with van der Waals surface area (Å²) in [6.45, 7) is 11.0. The molecule has 0 bridgehead atoms. The predicted octanol–water partition coefficient (Wildman–Crippen LogP) is 5.43. The van der Waals surface area contributed by atoms with E-state index in [1.54, 1.807) is 17.2 Å². The topological polar surface area (TPSA) is 93.0 Å². The highest BCUT2D eigenvalue weighted by Crippen LogP contribution is 2.38. The van der Waals surface area contributed by atoms with E-state index in [0.29, 0.717) is 41.4 Å². The van der Waals surface area contributed by atoms with Crippen LogP contribution in [-0.2, 0) is 11.3 Å². The molecule has 0 aliphatic carbocycles. The summed E-state index contributed by atoms with van der Waals surface area (Å²) < 4.78 is 3.05. The fraction of sp³-hybridized carbons (Fsp3) is 0.250. The van der Waals surface area contributed by atoms with Gasteiger partial charge in [-0.15, -0.1) is 0 Å². The van der Waals surface area contributed by atoms with Crippen LogP contribution in [0.25, 0.3) is 38.8 Å². The van der Waals surface area contributed by atoms with E-state index in [4.69, 9.17) is 11.6 Å². The molecule has 5 aromatic rings. The first-order chi connectivity index (χ1) is 19.7. The number of nitrogens with zero attached hydrogens (tertiary/aromatic N) is 4. The van der Waals surface area contributed by atoms with Crippen molar-refractivity contribution >= 4 is 39.4 Å². The summed E-state index contributed by atoms with van der Waals surface area (Å²) in [5.74, 6) is 0.00153. The van der Waals surface area contributed by atoms with Gasteiger partial charge in [0, 0.05) is 36.5 Å². The molecule has 1 fully saturated rings. The smallest absolute Gasteiger partial charge is 0.321 e. The minimum atomic E-state index is -0.629. The Morgan fingerprint density at radius 1 is 1.12 bits per heavy atom. The van der Waals surface area contributed by atoms with E-state index in [2.05, 4.69) is 30.6 Å². The number of H-pyrrole nitrogens is 1. The Labute approximate surface area is 241 Å². The summed E-state index contributed by atoms with van der Waals surface area (Å²) in [7, 11) is 0. The highest BCUT2D eigenvalue weighted by molar-refractivity contribution is 6.34. The van der Waals surface area contributed by atoms with Crippen molar-refractivity contribution in [2.75, 3.05) is 13.1 Å². The molecule has 3 heterocycles. The van der Waals surface area contributed by atoms with Crippen LogP contribution in [0, 0.1) is 12.8 Å². The van der Waals surface area contributed by atoms with Gasteiger partial charge in [0.1, 0.15) is 0 Å². The van der Waals surface area contributed by atoms with Crippen molar-refractivity contribution in [3.05, 3.63) is 104 Å². The predicted molar refractivity (Wildman–Crippen MR) is 163 cm³/mol. The Balaban J connectivity index is 1.64. The summed E-state index contributed by atoms with van der Waals surface area (Å²) in [6.07, 6.45) is 3.06. The average molecular weight is 568 g/mol.